The number of rotatable bonds is 5. The Morgan fingerprint density at radius 1 is 0.931 bits per heavy atom. The standard InChI is InChI=1S/C25H26N4/c1-29(2)25-27-23-12-11-21(15-24(23)28-25)18-9-7-17(8-10-18)16-26-22-13-19-5-3-4-6-20(19)14-22/h3-12,15,22,26H,13-14,16H2,1-2H3,(H,27,28). The summed E-state index contributed by atoms with van der Waals surface area (Å²) in [5.74, 6) is 0.882. The molecule has 0 unspecified atom stereocenters. The quantitative estimate of drug-likeness (QED) is 0.532. The van der Waals surface area contributed by atoms with Crippen LogP contribution in [0.3, 0.4) is 0 Å². The summed E-state index contributed by atoms with van der Waals surface area (Å²) in [4.78, 5) is 9.97. The highest BCUT2D eigenvalue weighted by molar-refractivity contribution is 5.83. The van der Waals surface area contributed by atoms with E-state index in [-0.39, 0.29) is 0 Å². The molecule has 0 spiro atoms. The predicted octanol–water partition coefficient (Wildman–Crippen LogP) is 4.55. The molecule has 0 aliphatic heterocycles. The second-order valence-corrected chi connectivity index (χ2v) is 8.14. The summed E-state index contributed by atoms with van der Waals surface area (Å²) in [6, 6.07) is 24.6. The Morgan fingerprint density at radius 2 is 1.62 bits per heavy atom. The van der Waals surface area contributed by atoms with Gasteiger partial charge in [0.05, 0.1) is 11.0 Å². The van der Waals surface area contributed by atoms with Gasteiger partial charge < -0.3 is 15.2 Å². The number of anilines is 1. The fourth-order valence-electron chi connectivity index (χ4n) is 4.17. The van der Waals surface area contributed by atoms with Gasteiger partial charge in [-0.25, -0.2) is 4.98 Å². The number of hydrogen-bond donors (Lipinski definition) is 2. The number of imidazole rings is 1. The molecule has 2 N–H and O–H groups in total. The van der Waals surface area contributed by atoms with E-state index < -0.39 is 0 Å². The highest BCUT2D eigenvalue weighted by Gasteiger charge is 2.20. The van der Waals surface area contributed by atoms with Crippen molar-refractivity contribution in [3.63, 3.8) is 0 Å². The highest BCUT2D eigenvalue weighted by Crippen LogP contribution is 2.26. The van der Waals surface area contributed by atoms with Crippen molar-refractivity contribution in [1.29, 1.82) is 0 Å². The van der Waals surface area contributed by atoms with Crippen LogP contribution in [0.15, 0.2) is 66.7 Å². The first-order valence-electron chi connectivity index (χ1n) is 10.2. The number of nitrogens with zero attached hydrogens (tertiary/aromatic N) is 2. The predicted molar refractivity (Wildman–Crippen MR) is 120 cm³/mol. The Hall–Kier alpha value is -3.11. The molecule has 0 atom stereocenters. The van der Waals surface area contributed by atoms with Crippen molar-refractivity contribution in [2.75, 3.05) is 19.0 Å². The molecule has 0 saturated carbocycles. The molecule has 1 aliphatic rings. The van der Waals surface area contributed by atoms with E-state index in [4.69, 9.17) is 0 Å². The van der Waals surface area contributed by atoms with E-state index >= 15 is 0 Å². The Balaban J connectivity index is 1.26. The molecule has 0 amide bonds. The van der Waals surface area contributed by atoms with Crippen molar-refractivity contribution in [2.45, 2.75) is 25.4 Å². The molecule has 0 radical (unpaired) electrons. The van der Waals surface area contributed by atoms with Gasteiger partial charge in [0.15, 0.2) is 0 Å². The monoisotopic (exact) mass is 382 g/mol. The number of benzene rings is 3. The number of aromatic amines is 1. The third-order valence-corrected chi connectivity index (χ3v) is 5.83. The first-order valence-corrected chi connectivity index (χ1v) is 10.2. The van der Waals surface area contributed by atoms with E-state index in [2.05, 4.69) is 82.0 Å². The fraction of sp³-hybridized carbons (Fsp3) is 0.240. The zero-order valence-electron chi connectivity index (χ0n) is 16.9. The Morgan fingerprint density at radius 3 is 2.31 bits per heavy atom. The van der Waals surface area contributed by atoms with Gasteiger partial charge in [0, 0.05) is 26.7 Å². The molecule has 4 heteroatoms. The van der Waals surface area contributed by atoms with Crippen molar-refractivity contribution < 1.29 is 0 Å². The lowest BCUT2D eigenvalue weighted by molar-refractivity contribution is 0.533. The molecule has 0 saturated heterocycles. The average molecular weight is 383 g/mol. The lowest BCUT2D eigenvalue weighted by Crippen LogP contribution is -2.28. The molecule has 3 aromatic carbocycles. The van der Waals surface area contributed by atoms with Gasteiger partial charge in [-0.05, 0) is 52.8 Å². The fourth-order valence-corrected chi connectivity index (χ4v) is 4.17. The summed E-state index contributed by atoms with van der Waals surface area (Å²) in [7, 11) is 3.99. The summed E-state index contributed by atoms with van der Waals surface area (Å²) in [5, 5.41) is 3.72. The van der Waals surface area contributed by atoms with Crippen molar-refractivity contribution in [2.24, 2.45) is 0 Å². The van der Waals surface area contributed by atoms with Crippen LogP contribution < -0.4 is 10.2 Å². The van der Waals surface area contributed by atoms with Gasteiger partial charge in [0.2, 0.25) is 5.95 Å². The van der Waals surface area contributed by atoms with Crippen LogP contribution in [-0.4, -0.2) is 30.1 Å². The molecule has 1 aromatic heterocycles. The van der Waals surface area contributed by atoms with Gasteiger partial charge in [0.25, 0.3) is 0 Å². The third kappa shape index (κ3) is 3.64. The van der Waals surface area contributed by atoms with Gasteiger partial charge in [-0.15, -0.1) is 0 Å². The van der Waals surface area contributed by atoms with Crippen molar-refractivity contribution in [1.82, 2.24) is 15.3 Å². The molecule has 5 rings (SSSR count). The molecular formula is C25H26N4. The van der Waals surface area contributed by atoms with E-state index in [1.165, 1.54) is 27.8 Å². The van der Waals surface area contributed by atoms with E-state index in [1.807, 2.05) is 19.0 Å². The largest absolute Gasteiger partial charge is 0.349 e. The van der Waals surface area contributed by atoms with Crippen LogP contribution in [0.2, 0.25) is 0 Å². The molecule has 146 valence electrons. The van der Waals surface area contributed by atoms with Crippen LogP contribution in [-0.2, 0) is 19.4 Å². The summed E-state index contributed by atoms with van der Waals surface area (Å²) >= 11 is 0. The summed E-state index contributed by atoms with van der Waals surface area (Å²) in [6.45, 7) is 0.907. The molecule has 1 aliphatic carbocycles. The van der Waals surface area contributed by atoms with Crippen LogP contribution >= 0.6 is 0 Å². The zero-order chi connectivity index (χ0) is 19.8. The van der Waals surface area contributed by atoms with Crippen LogP contribution in [0.1, 0.15) is 16.7 Å². The van der Waals surface area contributed by atoms with Crippen molar-refractivity contribution in [3.05, 3.63) is 83.4 Å². The Labute approximate surface area is 171 Å². The minimum atomic E-state index is 0.542. The molecule has 1 heterocycles. The average Bonchev–Trinajstić information content (AvgIpc) is 3.36. The second-order valence-electron chi connectivity index (χ2n) is 8.14. The number of hydrogen-bond acceptors (Lipinski definition) is 3. The first kappa shape index (κ1) is 18.0. The van der Waals surface area contributed by atoms with E-state index in [1.54, 1.807) is 0 Å². The number of H-pyrrole nitrogens is 1. The lowest BCUT2D eigenvalue weighted by atomic mass is 10.0. The van der Waals surface area contributed by atoms with Gasteiger partial charge in [-0.1, -0.05) is 54.6 Å². The summed E-state index contributed by atoms with van der Waals surface area (Å²) in [6.07, 6.45) is 2.26. The maximum absolute atomic E-state index is 4.60. The van der Waals surface area contributed by atoms with Crippen LogP contribution in [0.25, 0.3) is 22.2 Å². The van der Waals surface area contributed by atoms with E-state index in [9.17, 15) is 0 Å². The highest BCUT2D eigenvalue weighted by atomic mass is 15.2. The van der Waals surface area contributed by atoms with Gasteiger partial charge in [-0.2, -0.15) is 0 Å². The van der Waals surface area contributed by atoms with Gasteiger partial charge in [-0.3, -0.25) is 0 Å². The summed E-state index contributed by atoms with van der Waals surface area (Å²) < 4.78 is 0. The van der Waals surface area contributed by atoms with Crippen molar-refractivity contribution in [3.8, 4) is 11.1 Å². The van der Waals surface area contributed by atoms with Crippen LogP contribution in [0.4, 0.5) is 5.95 Å². The minimum absolute atomic E-state index is 0.542. The van der Waals surface area contributed by atoms with Crippen LogP contribution in [0.5, 0.6) is 0 Å². The molecular weight excluding hydrogens is 356 g/mol. The third-order valence-electron chi connectivity index (χ3n) is 5.83. The minimum Gasteiger partial charge on any atom is -0.349 e. The molecule has 4 aromatic rings. The van der Waals surface area contributed by atoms with E-state index in [0.29, 0.717) is 6.04 Å². The van der Waals surface area contributed by atoms with E-state index in [0.717, 1.165) is 36.4 Å². The Bertz CT molecular complexity index is 1120. The zero-order valence-corrected chi connectivity index (χ0v) is 16.9. The SMILES string of the molecule is CN(C)c1nc2ccc(-c3ccc(CNC4Cc5ccccc5C4)cc3)cc2[nH]1. The normalized spacial score (nSPS) is 13.7. The van der Waals surface area contributed by atoms with Crippen molar-refractivity contribution >= 4 is 17.0 Å². The molecule has 29 heavy (non-hydrogen) atoms. The maximum atomic E-state index is 4.60. The first-order chi connectivity index (χ1) is 14.2. The lowest BCUT2D eigenvalue weighted by Gasteiger charge is -2.12. The smallest absolute Gasteiger partial charge is 0.203 e. The molecule has 4 nitrogen and oxygen atoms in total. The van der Waals surface area contributed by atoms with Crippen LogP contribution in [0, 0.1) is 0 Å². The molecule has 0 fully saturated rings. The number of nitrogens with one attached hydrogen (secondary N) is 2. The number of fused-ring (bicyclic) bond motifs is 2. The Kier molecular flexibility index (Phi) is 4.57. The van der Waals surface area contributed by atoms with Gasteiger partial charge in [0.1, 0.15) is 0 Å². The molecule has 0 bridgehead atoms. The second kappa shape index (κ2) is 7.37. The number of aromatic nitrogens is 2. The van der Waals surface area contributed by atoms with Gasteiger partial charge >= 0.3 is 0 Å². The summed E-state index contributed by atoms with van der Waals surface area (Å²) in [5.41, 5.74) is 8.80. The topological polar surface area (TPSA) is 44.0 Å². The maximum Gasteiger partial charge on any atom is 0.203 e.